The first-order chi connectivity index (χ1) is 12.9. The highest BCUT2D eigenvalue weighted by Crippen LogP contribution is 2.33. The summed E-state index contributed by atoms with van der Waals surface area (Å²) in [6, 6.07) is 4.06. The summed E-state index contributed by atoms with van der Waals surface area (Å²) in [5, 5.41) is 0. The van der Waals surface area contributed by atoms with Crippen molar-refractivity contribution in [1.82, 2.24) is 9.97 Å². The van der Waals surface area contributed by atoms with E-state index in [1.807, 2.05) is 4.90 Å². The average Bonchev–Trinajstić information content (AvgIpc) is 2.66. The van der Waals surface area contributed by atoms with Crippen LogP contribution in [0.15, 0.2) is 30.6 Å². The number of hydrogen-bond acceptors (Lipinski definition) is 6. The van der Waals surface area contributed by atoms with E-state index >= 15 is 0 Å². The maximum Gasteiger partial charge on any atom is 0.416 e. The number of benzene rings is 1. The zero-order valence-corrected chi connectivity index (χ0v) is 14.9. The number of ether oxygens (including phenoxy) is 2. The topological polar surface area (TPSA) is 73.5 Å². The molecule has 27 heavy (non-hydrogen) atoms. The second kappa shape index (κ2) is 8.10. The van der Waals surface area contributed by atoms with E-state index in [1.54, 1.807) is 13.0 Å². The van der Waals surface area contributed by atoms with Crippen molar-refractivity contribution in [2.24, 2.45) is 5.73 Å². The third-order valence-electron chi connectivity index (χ3n) is 4.40. The molecule has 9 heteroatoms. The molecule has 2 N–H and O–H groups in total. The highest BCUT2D eigenvalue weighted by molar-refractivity contribution is 5.37. The molecule has 1 saturated heterocycles. The molecule has 6 nitrogen and oxygen atoms in total. The van der Waals surface area contributed by atoms with Gasteiger partial charge in [0.1, 0.15) is 6.61 Å². The first-order valence-electron chi connectivity index (χ1n) is 8.55. The molecule has 0 radical (unpaired) electrons. The number of halogens is 3. The fourth-order valence-corrected chi connectivity index (χ4v) is 2.91. The molecule has 0 spiro atoms. The van der Waals surface area contributed by atoms with E-state index in [9.17, 15) is 13.2 Å². The Bertz CT molecular complexity index is 768. The van der Waals surface area contributed by atoms with Gasteiger partial charge in [0.05, 0.1) is 30.7 Å². The Morgan fingerprint density at radius 3 is 2.70 bits per heavy atom. The van der Waals surface area contributed by atoms with Gasteiger partial charge in [-0.3, -0.25) is 0 Å². The number of alkyl halides is 3. The van der Waals surface area contributed by atoms with Gasteiger partial charge < -0.3 is 20.1 Å². The SMILES string of the molecule is Cc1cccc(C(F)(F)F)c1COc1cnc(N2CCO[C@@H](CN)C2)nc1. The second-order valence-electron chi connectivity index (χ2n) is 6.28. The smallest absolute Gasteiger partial charge is 0.416 e. The fourth-order valence-electron chi connectivity index (χ4n) is 2.91. The van der Waals surface area contributed by atoms with Crippen LogP contribution >= 0.6 is 0 Å². The molecule has 2 aromatic rings. The summed E-state index contributed by atoms with van der Waals surface area (Å²) < 4.78 is 50.5. The molecule has 0 aliphatic carbocycles. The Balaban J connectivity index is 1.68. The molecule has 0 bridgehead atoms. The number of hydrogen-bond donors (Lipinski definition) is 1. The summed E-state index contributed by atoms with van der Waals surface area (Å²) in [6.45, 7) is 3.60. The molecule has 1 aliphatic heterocycles. The van der Waals surface area contributed by atoms with Crippen LogP contribution in [0, 0.1) is 6.92 Å². The molecule has 0 unspecified atom stereocenters. The van der Waals surface area contributed by atoms with Crippen LogP contribution in [0.1, 0.15) is 16.7 Å². The standard InChI is InChI=1S/C18H21F3N4O2/c1-12-3-2-4-16(18(19,20)21)15(12)11-27-14-8-23-17(24-9-14)25-5-6-26-13(7-22)10-25/h2-4,8-9,13H,5-7,10-11,22H2,1H3/t13-/m0/s1. The molecule has 3 rings (SSSR count). The van der Waals surface area contributed by atoms with Gasteiger partial charge in [0.25, 0.3) is 0 Å². The van der Waals surface area contributed by atoms with E-state index in [2.05, 4.69) is 9.97 Å². The van der Waals surface area contributed by atoms with E-state index in [0.717, 1.165) is 6.07 Å². The monoisotopic (exact) mass is 382 g/mol. The summed E-state index contributed by atoms with van der Waals surface area (Å²) >= 11 is 0. The lowest BCUT2D eigenvalue weighted by Gasteiger charge is -2.32. The summed E-state index contributed by atoms with van der Waals surface area (Å²) in [5.74, 6) is 0.815. The highest BCUT2D eigenvalue weighted by Gasteiger charge is 2.33. The van der Waals surface area contributed by atoms with Gasteiger partial charge in [-0.1, -0.05) is 12.1 Å². The van der Waals surface area contributed by atoms with Crippen LogP contribution in [-0.2, 0) is 17.5 Å². The minimum absolute atomic E-state index is 0.0693. The number of nitrogens with zero attached hydrogens (tertiary/aromatic N) is 3. The third-order valence-corrected chi connectivity index (χ3v) is 4.40. The largest absolute Gasteiger partial charge is 0.486 e. The fraction of sp³-hybridized carbons (Fsp3) is 0.444. The Morgan fingerprint density at radius 1 is 1.30 bits per heavy atom. The van der Waals surface area contributed by atoms with Crippen molar-refractivity contribution in [2.45, 2.75) is 25.8 Å². The van der Waals surface area contributed by atoms with Gasteiger partial charge in [-0.2, -0.15) is 13.2 Å². The van der Waals surface area contributed by atoms with E-state index < -0.39 is 11.7 Å². The highest BCUT2D eigenvalue weighted by atomic mass is 19.4. The normalized spacial score (nSPS) is 17.8. The van der Waals surface area contributed by atoms with Gasteiger partial charge in [-0.25, -0.2) is 9.97 Å². The zero-order chi connectivity index (χ0) is 19.4. The maximum atomic E-state index is 13.2. The van der Waals surface area contributed by atoms with Gasteiger partial charge in [-0.05, 0) is 18.6 Å². The lowest BCUT2D eigenvalue weighted by molar-refractivity contribution is -0.138. The van der Waals surface area contributed by atoms with E-state index in [4.69, 9.17) is 15.2 Å². The lowest BCUT2D eigenvalue weighted by Crippen LogP contribution is -2.46. The Labute approximate surface area is 155 Å². The number of morpholine rings is 1. The summed E-state index contributed by atoms with van der Waals surface area (Å²) in [7, 11) is 0. The van der Waals surface area contributed by atoms with Crippen molar-refractivity contribution in [3.8, 4) is 5.75 Å². The predicted octanol–water partition coefficient (Wildman–Crippen LogP) is 2.55. The van der Waals surface area contributed by atoms with Crippen molar-refractivity contribution in [1.29, 1.82) is 0 Å². The number of aryl methyl sites for hydroxylation is 1. The predicted molar refractivity (Wildman–Crippen MR) is 93.6 cm³/mol. The van der Waals surface area contributed by atoms with Crippen LogP contribution in [0.5, 0.6) is 5.75 Å². The van der Waals surface area contributed by atoms with Crippen molar-refractivity contribution in [3.05, 3.63) is 47.3 Å². The Kier molecular flexibility index (Phi) is 5.81. The molecule has 2 heterocycles. The van der Waals surface area contributed by atoms with Crippen LogP contribution < -0.4 is 15.4 Å². The van der Waals surface area contributed by atoms with Crippen molar-refractivity contribution < 1.29 is 22.6 Å². The molecule has 1 atom stereocenters. The van der Waals surface area contributed by atoms with Crippen molar-refractivity contribution in [3.63, 3.8) is 0 Å². The zero-order valence-electron chi connectivity index (χ0n) is 14.9. The molecule has 0 saturated carbocycles. The Morgan fingerprint density at radius 2 is 2.04 bits per heavy atom. The van der Waals surface area contributed by atoms with Crippen LogP contribution in [0.3, 0.4) is 0 Å². The molecular weight excluding hydrogens is 361 g/mol. The first kappa shape index (κ1) is 19.4. The maximum absolute atomic E-state index is 13.2. The molecule has 1 aliphatic rings. The first-order valence-corrected chi connectivity index (χ1v) is 8.55. The minimum atomic E-state index is -4.43. The molecule has 1 fully saturated rings. The van der Waals surface area contributed by atoms with Gasteiger partial charge in [0, 0.05) is 25.2 Å². The second-order valence-corrected chi connectivity index (χ2v) is 6.28. The van der Waals surface area contributed by atoms with Crippen LogP contribution in [0.4, 0.5) is 19.1 Å². The number of nitrogens with two attached hydrogens (primary N) is 1. The van der Waals surface area contributed by atoms with Crippen LogP contribution in [-0.4, -0.2) is 42.3 Å². The number of anilines is 1. The van der Waals surface area contributed by atoms with Gasteiger partial charge in [-0.15, -0.1) is 0 Å². The summed E-state index contributed by atoms with van der Waals surface area (Å²) in [6.07, 6.45) is -1.58. The van der Waals surface area contributed by atoms with Gasteiger partial charge in [0.15, 0.2) is 5.75 Å². The molecule has 1 aromatic heterocycles. The average molecular weight is 382 g/mol. The van der Waals surface area contributed by atoms with E-state index in [1.165, 1.54) is 18.5 Å². The van der Waals surface area contributed by atoms with Crippen LogP contribution in [0.25, 0.3) is 0 Å². The van der Waals surface area contributed by atoms with Crippen molar-refractivity contribution >= 4 is 5.95 Å². The number of aromatic nitrogens is 2. The minimum Gasteiger partial charge on any atom is -0.486 e. The number of rotatable bonds is 5. The van der Waals surface area contributed by atoms with Crippen LogP contribution in [0.2, 0.25) is 0 Å². The van der Waals surface area contributed by atoms with E-state index in [-0.39, 0.29) is 18.3 Å². The third kappa shape index (κ3) is 4.67. The van der Waals surface area contributed by atoms with Gasteiger partial charge in [0.2, 0.25) is 5.95 Å². The van der Waals surface area contributed by atoms with Gasteiger partial charge >= 0.3 is 6.18 Å². The Hall–Kier alpha value is -2.39. The van der Waals surface area contributed by atoms with Crippen molar-refractivity contribution in [2.75, 3.05) is 31.1 Å². The lowest BCUT2D eigenvalue weighted by atomic mass is 10.0. The molecule has 1 aromatic carbocycles. The molecule has 0 amide bonds. The molecule has 146 valence electrons. The molecular formula is C18H21F3N4O2. The summed E-state index contributed by atoms with van der Waals surface area (Å²) in [5.41, 5.74) is 5.55. The summed E-state index contributed by atoms with van der Waals surface area (Å²) in [4.78, 5) is 10.4. The quantitative estimate of drug-likeness (QED) is 0.857. The van der Waals surface area contributed by atoms with E-state index in [0.29, 0.717) is 43.5 Å².